The molecule has 0 saturated carbocycles. The first-order chi connectivity index (χ1) is 6.19. The molecule has 0 fully saturated rings. The van der Waals surface area contributed by atoms with Gasteiger partial charge in [0, 0.05) is 14.2 Å². The molecule has 0 aromatic heterocycles. The van der Waals surface area contributed by atoms with Gasteiger partial charge in [0.1, 0.15) is 12.2 Å². The van der Waals surface area contributed by atoms with Gasteiger partial charge in [0.05, 0.1) is 5.57 Å². The number of hydrogen-bond donors (Lipinski definition) is 1. The molecule has 0 aliphatic heterocycles. The minimum absolute atomic E-state index is 0.201. The van der Waals surface area contributed by atoms with Crippen molar-refractivity contribution in [1.82, 2.24) is 0 Å². The number of carbonyl (C=O) groups is 1. The third-order valence-corrected chi connectivity index (χ3v) is 1.92. The van der Waals surface area contributed by atoms with E-state index < -0.39 is 5.97 Å². The van der Waals surface area contributed by atoms with Crippen molar-refractivity contribution < 1.29 is 19.4 Å². The number of rotatable bonds is 3. The lowest BCUT2D eigenvalue weighted by atomic mass is 10.0. The van der Waals surface area contributed by atoms with Crippen LogP contribution in [0.2, 0.25) is 0 Å². The maximum absolute atomic E-state index is 10.6. The number of aliphatic carboxylic acids is 1. The highest BCUT2D eigenvalue weighted by Crippen LogP contribution is 2.15. The Morgan fingerprint density at radius 3 is 2.46 bits per heavy atom. The predicted octanol–water partition coefficient (Wildman–Crippen LogP) is 0.597. The summed E-state index contributed by atoms with van der Waals surface area (Å²) in [5.74, 6) is -0.951. The topological polar surface area (TPSA) is 55.8 Å². The van der Waals surface area contributed by atoms with E-state index in [0.29, 0.717) is 0 Å². The number of carboxylic acids is 1. The summed E-state index contributed by atoms with van der Waals surface area (Å²) in [6.07, 6.45) is 4.22. The molecule has 4 heteroatoms. The molecular formula is C9H12O4. The van der Waals surface area contributed by atoms with Gasteiger partial charge in [-0.25, -0.2) is 4.79 Å². The van der Waals surface area contributed by atoms with Gasteiger partial charge in [0.25, 0.3) is 0 Å². The van der Waals surface area contributed by atoms with Crippen LogP contribution in [0.5, 0.6) is 0 Å². The molecule has 72 valence electrons. The van der Waals surface area contributed by atoms with E-state index in [4.69, 9.17) is 14.6 Å². The maximum atomic E-state index is 10.6. The molecule has 0 radical (unpaired) electrons. The van der Waals surface area contributed by atoms with Gasteiger partial charge in [0.2, 0.25) is 0 Å². The van der Waals surface area contributed by atoms with Gasteiger partial charge in [-0.15, -0.1) is 0 Å². The van der Waals surface area contributed by atoms with Crippen LogP contribution in [0.4, 0.5) is 0 Å². The van der Waals surface area contributed by atoms with Crippen molar-refractivity contribution in [3.63, 3.8) is 0 Å². The lowest BCUT2D eigenvalue weighted by molar-refractivity contribution is -0.132. The van der Waals surface area contributed by atoms with E-state index in [0.717, 1.165) is 0 Å². The Kier molecular flexibility index (Phi) is 3.22. The molecule has 2 atom stereocenters. The molecule has 0 heterocycles. The zero-order chi connectivity index (χ0) is 9.84. The summed E-state index contributed by atoms with van der Waals surface area (Å²) in [4.78, 5) is 10.6. The second kappa shape index (κ2) is 4.20. The van der Waals surface area contributed by atoms with Gasteiger partial charge in [-0.2, -0.15) is 0 Å². The van der Waals surface area contributed by atoms with E-state index in [9.17, 15) is 4.79 Å². The minimum Gasteiger partial charge on any atom is -0.478 e. The highest BCUT2D eigenvalue weighted by atomic mass is 16.5. The van der Waals surface area contributed by atoms with Crippen LogP contribution >= 0.6 is 0 Å². The van der Waals surface area contributed by atoms with Crippen molar-refractivity contribution in [2.75, 3.05) is 14.2 Å². The molecule has 0 spiro atoms. The Hall–Kier alpha value is -1.13. The van der Waals surface area contributed by atoms with Crippen molar-refractivity contribution in [3.8, 4) is 0 Å². The molecule has 0 saturated heterocycles. The number of hydrogen-bond acceptors (Lipinski definition) is 3. The monoisotopic (exact) mass is 184 g/mol. The molecule has 0 aromatic carbocycles. The second-order valence-corrected chi connectivity index (χ2v) is 2.69. The molecule has 0 bridgehead atoms. The largest absolute Gasteiger partial charge is 0.478 e. The molecule has 0 aromatic rings. The van der Waals surface area contributed by atoms with E-state index in [1.807, 2.05) is 0 Å². The molecule has 0 amide bonds. The van der Waals surface area contributed by atoms with Crippen molar-refractivity contribution in [2.45, 2.75) is 12.2 Å². The van der Waals surface area contributed by atoms with Crippen LogP contribution in [0.25, 0.3) is 0 Å². The lowest BCUT2D eigenvalue weighted by Gasteiger charge is -2.22. The normalized spacial score (nSPS) is 27.1. The fourth-order valence-electron chi connectivity index (χ4n) is 1.19. The smallest absolute Gasteiger partial charge is 0.335 e. The van der Waals surface area contributed by atoms with Crippen LogP contribution in [0.15, 0.2) is 23.8 Å². The molecule has 2 unspecified atom stereocenters. The van der Waals surface area contributed by atoms with E-state index >= 15 is 0 Å². The molecule has 1 aliphatic carbocycles. The fraction of sp³-hybridized carbons (Fsp3) is 0.444. The Bertz CT molecular complexity index is 254. The van der Waals surface area contributed by atoms with Gasteiger partial charge in [0.15, 0.2) is 0 Å². The van der Waals surface area contributed by atoms with Crippen LogP contribution in [0, 0.1) is 0 Å². The minimum atomic E-state index is -0.951. The van der Waals surface area contributed by atoms with E-state index in [-0.39, 0.29) is 17.8 Å². The summed E-state index contributed by atoms with van der Waals surface area (Å²) < 4.78 is 10.1. The average Bonchev–Trinajstić information content (AvgIpc) is 2.16. The highest BCUT2D eigenvalue weighted by molar-refractivity contribution is 5.90. The molecule has 13 heavy (non-hydrogen) atoms. The summed E-state index contributed by atoms with van der Waals surface area (Å²) in [5.41, 5.74) is 0.236. The molecule has 1 N–H and O–H groups in total. The number of methoxy groups -OCH3 is 2. The van der Waals surface area contributed by atoms with Crippen LogP contribution in [0.1, 0.15) is 0 Å². The van der Waals surface area contributed by atoms with Crippen LogP contribution < -0.4 is 0 Å². The molecule has 4 nitrogen and oxygen atoms in total. The maximum Gasteiger partial charge on any atom is 0.335 e. The lowest BCUT2D eigenvalue weighted by Crippen LogP contribution is -2.29. The Balaban J connectivity index is 2.80. The SMILES string of the molecule is COC1C=CC(C(=O)O)=CC1OC. The predicted molar refractivity (Wildman–Crippen MR) is 46.5 cm³/mol. The average molecular weight is 184 g/mol. The van der Waals surface area contributed by atoms with Crippen molar-refractivity contribution in [2.24, 2.45) is 0 Å². The summed E-state index contributed by atoms with van der Waals surface area (Å²) >= 11 is 0. The first-order valence-corrected chi connectivity index (χ1v) is 3.88. The van der Waals surface area contributed by atoms with Gasteiger partial charge in [-0.3, -0.25) is 0 Å². The number of carboxylic acid groups (broad SMARTS) is 1. The van der Waals surface area contributed by atoms with Gasteiger partial charge in [-0.05, 0) is 12.2 Å². The van der Waals surface area contributed by atoms with Crippen molar-refractivity contribution in [3.05, 3.63) is 23.8 Å². The Labute approximate surface area is 76.5 Å². The molecule has 1 rings (SSSR count). The fourth-order valence-corrected chi connectivity index (χ4v) is 1.19. The first-order valence-electron chi connectivity index (χ1n) is 3.88. The van der Waals surface area contributed by atoms with Crippen molar-refractivity contribution >= 4 is 5.97 Å². The zero-order valence-corrected chi connectivity index (χ0v) is 7.56. The summed E-state index contributed by atoms with van der Waals surface area (Å²) in [6.45, 7) is 0. The Morgan fingerprint density at radius 2 is 2.00 bits per heavy atom. The van der Waals surface area contributed by atoms with Crippen molar-refractivity contribution in [1.29, 1.82) is 0 Å². The quantitative estimate of drug-likeness (QED) is 0.697. The van der Waals surface area contributed by atoms with Crippen LogP contribution in [-0.4, -0.2) is 37.5 Å². The third kappa shape index (κ3) is 2.17. The van der Waals surface area contributed by atoms with E-state index in [2.05, 4.69) is 0 Å². The van der Waals surface area contributed by atoms with Gasteiger partial charge >= 0.3 is 5.97 Å². The highest BCUT2D eigenvalue weighted by Gasteiger charge is 2.22. The van der Waals surface area contributed by atoms with Crippen LogP contribution in [0.3, 0.4) is 0 Å². The number of ether oxygens (including phenoxy) is 2. The van der Waals surface area contributed by atoms with E-state index in [1.165, 1.54) is 19.3 Å². The van der Waals surface area contributed by atoms with Gasteiger partial charge < -0.3 is 14.6 Å². The summed E-state index contributed by atoms with van der Waals surface area (Å²) in [7, 11) is 3.08. The Morgan fingerprint density at radius 1 is 1.38 bits per heavy atom. The summed E-state index contributed by atoms with van der Waals surface area (Å²) in [6, 6.07) is 0. The summed E-state index contributed by atoms with van der Waals surface area (Å²) in [5, 5.41) is 8.69. The molecular weight excluding hydrogens is 172 g/mol. The standard InChI is InChI=1S/C9H12O4/c1-12-7-4-3-6(9(10)11)5-8(7)13-2/h3-5,7-8H,1-2H3,(H,10,11). The second-order valence-electron chi connectivity index (χ2n) is 2.69. The van der Waals surface area contributed by atoms with E-state index in [1.54, 1.807) is 13.2 Å². The first kappa shape index (κ1) is 9.95. The molecule has 1 aliphatic rings. The van der Waals surface area contributed by atoms with Gasteiger partial charge in [-0.1, -0.05) is 6.08 Å². The van der Waals surface area contributed by atoms with Crippen LogP contribution in [-0.2, 0) is 14.3 Å². The third-order valence-electron chi connectivity index (χ3n) is 1.92. The zero-order valence-electron chi connectivity index (χ0n) is 7.56.